The lowest BCUT2D eigenvalue weighted by Gasteiger charge is -1.93. The summed E-state index contributed by atoms with van der Waals surface area (Å²) in [6.07, 6.45) is 6.45. The molecule has 0 radical (unpaired) electrons. The zero-order valence-corrected chi connectivity index (χ0v) is 5.71. The Bertz CT molecular complexity index is 189. The normalized spacial score (nSPS) is 18.8. The van der Waals surface area contributed by atoms with Crippen molar-refractivity contribution in [1.29, 1.82) is 0 Å². The van der Waals surface area contributed by atoms with Crippen LogP contribution >= 0.6 is 0 Å². The number of aldehydes is 1. The second-order valence-electron chi connectivity index (χ2n) is 2.37. The van der Waals surface area contributed by atoms with Gasteiger partial charge in [-0.25, -0.2) is 0 Å². The summed E-state index contributed by atoms with van der Waals surface area (Å²) in [6, 6.07) is 0. The van der Waals surface area contributed by atoms with Gasteiger partial charge in [-0.05, 0) is 24.5 Å². The van der Waals surface area contributed by atoms with Gasteiger partial charge in [-0.2, -0.15) is 0 Å². The van der Waals surface area contributed by atoms with Crippen molar-refractivity contribution < 1.29 is 9.90 Å². The molecular weight excluding hydrogens is 128 g/mol. The Morgan fingerprint density at radius 2 is 2.20 bits per heavy atom. The molecule has 10 heavy (non-hydrogen) atoms. The van der Waals surface area contributed by atoms with Crippen molar-refractivity contribution in [2.24, 2.45) is 0 Å². The lowest BCUT2D eigenvalue weighted by Crippen LogP contribution is -1.82. The van der Waals surface area contributed by atoms with Gasteiger partial charge >= 0.3 is 0 Å². The van der Waals surface area contributed by atoms with E-state index in [-0.39, 0.29) is 0 Å². The van der Waals surface area contributed by atoms with E-state index in [9.17, 15) is 4.79 Å². The van der Waals surface area contributed by atoms with Crippen LogP contribution in [0.2, 0.25) is 0 Å². The van der Waals surface area contributed by atoms with Crippen LogP contribution in [-0.2, 0) is 4.79 Å². The number of aliphatic hydroxyl groups is 1. The lowest BCUT2D eigenvalue weighted by molar-refractivity contribution is -0.105. The van der Waals surface area contributed by atoms with Gasteiger partial charge in [-0.1, -0.05) is 6.08 Å². The van der Waals surface area contributed by atoms with Gasteiger partial charge in [0.15, 0.2) is 0 Å². The third kappa shape index (κ3) is 1.72. The van der Waals surface area contributed by atoms with Crippen molar-refractivity contribution in [2.45, 2.75) is 19.3 Å². The van der Waals surface area contributed by atoms with Gasteiger partial charge in [0.25, 0.3) is 0 Å². The maximum absolute atomic E-state index is 10.2. The average molecular weight is 138 g/mol. The molecule has 1 aliphatic carbocycles. The molecule has 0 heterocycles. The van der Waals surface area contributed by atoms with Crippen LogP contribution in [0.15, 0.2) is 23.5 Å². The topological polar surface area (TPSA) is 37.3 Å². The van der Waals surface area contributed by atoms with Crippen LogP contribution in [0, 0.1) is 0 Å². The maximum atomic E-state index is 10.2. The molecular formula is C8H10O2. The fourth-order valence-electron chi connectivity index (χ4n) is 0.942. The van der Waals surface area contributed by atoms with Crippen LogP contribution in [0.5, 0.6) is 0 Å². The Balaban J connectivity index is 2.69. The summed E-state index contributed by atoms with van der Waals surface area (Å²) in [7, 11) is 0. The molecule has 0 aliphatic heterocycles. The van der Waals surface area contributed by atoms with Gasteiger partial charge in [0, 0.05) is 6.42 Å². The van der Waals surface area contributed by atoms with Crippen LogP contribution in [0.1, 0.15) is 19.3 Å². The van der Waals surface area contributed by atoms with E-state index in [0.717, 1.165) is 24.7 Å². The first-order valence-electron chi connectivity index (χ1n) is 3.37. The summed E-state index contributed by atoms with van der Waals surface area (Å²) in [5.41, 5.74) is 0.768. The molecule has 0 atom stereocenters. The fourth-order valence-corrected chi connectivity index (χ4v) is 0.942. The van der Waals surface area contributed by atoms with Gasteiger partial charge in [-0.3, -0.25) is 4.79 Å². The second kappa shape index (κ2) is 3.20. The van der Waals surface area contributed by atoms with Crippen molar-refractivity contribution in [3.63, 3.8) is 0 Å². The monoisotopic (exact) mass is 138 g/mol. The Labute approximate surface area is 59.9 Å². The molecule has 2 heteroatoms. The Hall–Kier alpha value is -1.05. The van der Waals surface area contributed by atoms with Crippen molar-refractivity contribution in [3.8, 4) is 0 Å². The molecule has 2 nitrogen and oxygen atoms in total. The van der Waals surface area contributed by atoms with Gasteiger partial charge in [0.2, 0.25) is 0 Å². The van der Waals surface area contributed by atoms with Crippen molar-refractivity contribution in [2.75, 3.05) is 0 Å². The number of carbonyl (C=O) groups is 1. The zero-order chi connectivity index (χ0) is 7.40. The van der Waals surface area contributed by atoms with E-state index in [1.807, 2.05) is 0 Å². The van der Waals surface area contributed by atoms with Gasteiger partial charge in [0.1, 0.15) is 6.29 Å². The maximum Gasteiger partial charge on any atom is 0.146 e. The zero-order valence-electron chi connectivity index (χ0n) is 5.71. The minimum Gasteiger partial charge on any atom is -0.512 e. The van der Waals surface area contributed by atoms with Crippen LogP contribution in [0.3, 0.4) is 0 Å². The smallest absolute Gasteiger partial charge is 0.146 e. The lowest BCUT2D eigenvalue weighted by atomic mass is 10.1. The SMILES string of the molecule is O=CC1=CC=C(O)CCC1. The molecule has 0 saturated heterocycles. The van der Waals surface area contributed by atoms with E-state index < -0.39 is 0 Å². The number of rotatable bonds is 1. The Morgan fingerprint density at radius 1 is 1.40 bits per heavy atom. The first kappa shape index (κ1) is 7.06. The summed E-state index contributed by atoms with van der Waals surface area (Å²) in [5.74, 6) is 0.372. The largest absolute Gasteiger partial charge is 0.512 e. The van der Waals surface area contributed by atoms with Gasteiger partial charge in [-0.15, -0.1) is 0 Å². The predicted octanol–water partition coefficient (Wildman–Crippen LogP) is 1.74. The minimum atomic E-state index is 0.372. The molecule has 0 amide bonds. The molecule has 0 aromatic heterocycles. The van der Waals surface area contributed by atoms with Crippen molar-refractivity contribution >= 4 is 6.29 Å². The molecule has 54 valence electrons. The van der Waals surface area contributed by atoms with Crippen LogP contribution in [0.4, 0.5) is 0 Å². The first-order valence-corrected chi connectivity index (χ1v) is 3.37. The van der Waals surface area contributed by atoms with Crippen LogP contribution < -0.4 is 0 Å². The molecule has 0 fully saturated rings. The highest BCUT2D eigenvalue weighted by Gasteiger charge is 2.01. The number of aliphatic hydroxyl groups excluding tert-OH is 1. The van der Waals surface area contributed by atoms with E-state index in [1.54, 1.807) is 12.2 Å². The second-order valence-corrected chi connectivity index (χ2v) is 2.37. The molecule has 0 spiro atoms. The van der Waals surface area contributed by atoms with Gasteiger partial charge < -0.3 is 5.11 Å². The molecule has 0 saturated carbocycles. The number of hydrogen-bond donors (Lipinski definition) is 1. The summed E-state index contributed by atoms with van der Waals surface area (Å²) < 4.78 is 0. The van der Waals surface area contributed by atoms with E-state index in [4.69, 9.17) is 5.11 Å². The predicted molar refractivity (Wildman–Crippen MR) is 38.7 cm³/mol. The first-order chi connectivity index (χ1) is 4.83. The van der Waals surface area contributed by atoms with E-state index >= 15 is 0 Å². The Kier molecular flexibility index (Phi) is 2.26. The molecule has 1 aliphatic rings. The Morgan fingerprint density at radius 3 is 2.90 bits per heavy atom. The molecule has 0 unspecified atom stereocenters. The average Bonchev–Trinajstić information content (AvgIpc) is 2.14. The quantitative estimate of drug-likeness (QED) is 0.560. The highest BCUT2D eigenvalue weighted by molar-refractivity contribution is 5.73. The summed E-state index contributed by atoms with van der Waals surface area (Å²) in [5, 5.41) is 9.00. The molecule has 0 bridgehead atoms. The summed E-state index contributed by atoms with van der Waals surface area (Å²) in [4.78, 5) is 10.2. The number of hydrogen-bond acceptors (Lipinski definition) is 2. The molecule has 1 N–H and O–H groups in total. The summed E-state index contributed by atoms with van der Waals surface area (Å²) in [6.45, 7) is 0. The van der Waals surface area contributed by atoms with Gasteiger partial charge in [0.05, 0.1) is 5.76 Å². The van der Waals surface area contributed by atoms with Crippen molar-refractivity contribution in [1.82, 2.24) is 0 Å². The summed E-state index contributed by atoms with van der Waals surface area (Å²) >= 11 is 0. The highest BCUT2D eigenvalue weighted by atomic mass is 16.3. The van der Waals surface area contributed by atoms with Crippen molar-refractivity contribution in [3.05, 3.63) is 23.5 Å². The highest BCUT2D eigenvalue weighted by Crippen LogP contribution is 2.13. The molecule has 0 aromatic carbocycles. The third-order valence-electron chi connectivity index (χ3n) is 1.54. The minimum absolute atomic E-state index is 0.372. The molecule has 1 rings (SSSR count). The van der Waals surface area contributed by atoms with E-state index in [2.05, 4.69) is 0 Å². The number of allylic oxidation sites excluding steroid dienone is 4. The standard InChI is InChI=1S/C8H10O2/c9-6-7-2-1-3-8(10)5-4-7/h4-6,10H,1-3H2. The van der Waals surface area contributed by atoms with E-state index in [1.165, 1.54) is 0 Å². The van der Waals surface area contributed by atoms with E-state index in [0.29, 0.717) is 12.2 Å². The van der Waals surface area contributed by atoms with Crippen LogP contribution in [-0.4, -0.2) is 11.4 Å². The number of carbonyl (C=O) groups excluding carboxylic acids is 1. The molecule has 0 aromatic rings. The third-order valence-corrected chi connectivity index (χ3v) is 1.54. The fraction of sp³-hybridized carbons (Fsp3) is 0.375. The van der Waals surface area contributed by atoms with Crippen LogP contribution in [0.25, 0.3) is 0 Å².